The Hall–Kier alpha value is -1.80. The van der Waals surface area contributed by atoms with Gasteiger partial charge in [0.15, 0.2) is 0 Å². The number of ether oxygens (including phenoxy) is 1. The Kier molecular flexibility index (Phi) is 6.98. The van der Waals surface area contributed by atoms with E-state index in [1.54, 1.807) is 0 Å². The van der Waals surface area contributed by atoms with Crippen LogP contribution in [0, 0.1) is 0 Å². The van der Waals surface area contributed by atoms with E-state index in [2.05, 4.69) is 73.8 Å². The van der Waals surface area contributed by atoms with Crippen LogP contribution in [-0.2, 0) is 13.0 Å². The molecule has 118 valence electrons. The summed E-state index contributed by atoms with van der Waals surface area (Å²) in [5.41, 5.74) is 2.71. The summed E-state index contributed by atoms with van der Waals surface area (Å²) in [5, 5.41) is 3.59. The van der Waals surface area contributed by atoms with Crippen LogP contribution in [0.4, 0.5) is 0 Å². The van der Waals surface area contributed by atoms with E-state index in [4.69, 9.17) is 4.74 Å². The molecular weight excluding hydrogens is 270 g/mol. The first-order valence-electron chi connectivity index (χ1n) is 8.27. The maximum Gasteiger partial charge on any atom is 0.119 e. The highest BCUT2D eigenvalue weighted by Crippen LogP contribution is 2.13. The van der Waals surface area contributed by atoms with Crippen molar-refractivity contribution in [2.45, 2.75) is 45.7 Å². The van der Waals surface area contributed by atoms with Gasteiger partial charge >= 0.3 is 0 Å². The topological polar surface area (TPSA) is 21.3 Å². The van der Waals surface area contributed by atoms with Gasteiger partial charge in [-0.3, -0.25) is 0 Å². The third-order valence-corrected chi connectivity index (χ3v) is 3.76. The summed E-state index contributed by atoms with van der Waals surface area (Å²) in [6.45, 7) is 6.06. The van der Waals surface area contributed by atoms with Gasteiger partial charge in [0.25, 0.3) is 0 Å². The molecule has 2 nitrogen and oxygen atoms in total. The first kappa shape index (κ1) is 16.6. The van der Waals surface area contributed by atoms with Crippen LogP contribution in [0.5, 0.6) is 5.75 Å². The standard InChI is InChI=1S/C20H27NO/c1-3-15-22-20-13-11-19(12-14-20)16-21-17(2)9-10-18-7-5-4-6-8-18/h4-8,11-14,17,21H,3,9-10,15-16H2,1-2H3/t17-/m0/s1. The minimum absolute atomic E-state index is 0.510. The van der Waals surface area contributed by atoms with Gasteiger partial charge in [-0.25, -0.2) is 0 Å². The van der Waals surface area contributed by atoms with Gasteiger partial charge in [-0.2, -0.15) is 0 Å². The summed E-state index contributed by atoms with van der Waals surface area (Å²) < 4.78 is 5.60. The molecule has 0 saturated heterocycles. The van der Waals surface area contributed by atoms with E-state index in [1.807, 2.05) is 0 Å². The highest BCUT2D eigenvalue weighted by Gasteiger charge is 2.03. The number of hydrogen-bond acceptors (Lipinski definition) is 2. The van der Waals surface area contributed by atoms with Crippen LogP contribution in [-0.4, -0.2) is 12.6 Å². The van der Waals surface area contributed by atoms with Gasteiger partial charge in [0, 0.05) is 12.6 Å². The second-order valence-electron chi connectivity index (χ2n) is 5.80. The van der Waals surface area contributed by atoms with E-state index in [0.29, 0.717) is 6.04 Å². The molecule has 2 aromatic carbocycles. The predicted molar refractivity (Wildman–Crippen MR) is 93.3 cm³/mol. The molecule has 0 fully saturated rings. The summed E-state index contributed by atoms with van der Waals surface area (Å²) >= 11 is 0. The number of rotatable bonds is 9. The monoisotopic (exact) mass is 297 g/mol. The summed E-state index contributed by atoms with van der Waals surface area (Å²) in [4.78, 5) is 0. The fourth-order valence-corrected chi connectivity index (χ4v) is 2.35. The van der Waals surface area contributed by atoms with E-state index in [9.17, 15) is 0 Å². The highest BCUT2D eigenvalue weighted by atomic mass is 16.5. The second-order valence-corrected chi connectivity index (χ2v) is 5.80. The predicted octanol–water partition coefficient (Wildman–Crippen LogP) is 4.59. The van der Waals surface area contributed by atoms with Crippen molar-refractivity contribution in [3.05, 3.63) is 65.7 Å². The fourth-order valence-electron chi connectivity index (χ4n) is 2.35. The first-order chi connectivity index (χ1) is 10.8. The fraction of sp³-hybridized carbons (Fsp3) is 0.400. The molecule has 0 aromatic heterocycles. The van der Waals surface area contributed by atoms with E-state index < -0.39 is 0 Å². The zero-order valence-electron chi connectivity index (χ0n) is 13.7. The lowest BCUT2D eigenvalue weighted by Gasteiger charge is -2.14. The van der Waals surface area contributed by atoms with Gasteiger partial charge in [-0.1, -0.05) is 49.4 Å². The van der Waals surface area contributed by atoms with Crippen LogP contribution in [0.3, 0.4) is 0 Å². The van der Waals surface area contributed by atoms with E-state index in [-0.39, 0.29) is 0 Å². The Labute approximate surface area is 134 Å². The zero-order chi connectivity index (χ0) is 15.6. The molecule has 0 aliphatic carbocycles. The lowest BCUT2D eigenvalue weighted by Crippen LogP contribution is -2.25. The number of hydrogen-bond donors (Lipinski definition) is 1. The lowest BCUT2D eigenvalue weighted by molar-refractivity contribution is 0.317. The Morgan fingerprint density at radius 1 is 0.955 bits per heavy atom. The molecule has 0 spiro atoms. The second kappa shape index (κ2) is 9.26. The van der Waals surface area contributed by atoms with Gasteiger partial charge in [-0.15, -0.1) is 0 Å². The van der Waals surface area contributed by atoms with Crippen molar-refractivity contribution in [1.82, 2.24) is 5.32 Å². The largest absolute Gasteiger partial charge is 0.494 e. The molecule has 0 heterocycles. The van der Waals surface area contributed by atoms with E-state index in [1.165, 1.54) is 11.1 Å². The normalized spacial score (nSPS) is 12.1. The minimum Gasteiger partial charge on any atom is -0.494 e. The van der Waals surface area contributed by atoms with Crippen LogP contribution in [0.1, 0.15) is 37.8 Å². The smallest absolute Gasteiger partial charge is 0.119 e. The molecule has 22 heavy (non-hydrogen) atoms. The van der Waals surface area contributed by atoms with Crippen molar-refractivity contribution in [2.75, 3.05) is 6.61 Å². The van der Waals surface area contributed by atoms with Crippen LogP contribution < -0.4 is 10.1 Å². The van der Waals surface area contributed by atoms with Gasteiger partial charge in [0.05, 0.1) is 6.61 Å². The number of nitrogens with one attached hydrogen (secondary N) is 1. The average molecular weight is 297 g/mol. The molecule has 0 unspecified atom stereocenters. The maximum absolute atomic E-state index is 5.60. The summed E-state index contributed by atoms with van der Waals surface area (Å²) in [5.74, 6) is 0.961. The van der Waals surface area contributed by atoms with Gasteiger partial charge in [-0.05, 0) is 49.4 Å². The van der Waals surface area contributed by atoms with Crippen LogP contribution in [0.2, 0.25) is 0 Å². The zero-order valence-corrected chi connectivity index (χ0v) is 13.7. The molecular formula is C20H27NO. The van der Waals surface area contributed by atoms with E-state index >= 15 is 0 Å². The molecule has 2 aromatic rings. The lowest BCUT2D eigenvalue weighted by atomic mass is 10.1. The summed E-state index contributed by atoms with van der Waals surface area (Å²) in [7, 11) is 0. The molecule has 0 aliphatic heterocycles. The molecule has 0 aliphatic rings. The summed E-state index contributed by atoms with van der Waals surface area (Å²) in [6, 6.07) is 19.6. The number of benzene rings is 2. The Bertz CT molecular complexity index is 521. The van der Waals surface area contributed by atoms with Crippen molar-refractivity contribution < 1.29 is 4.74 Å². The third-order valence-electron chi connectivity index (χ3n) is 3.76. The molecule has 2 rings (SSSR count). The Morgan fingerprint density at radius 2 is 1.68 bits per heavy atom. The first-order valence-corrected chi connectivity index (χ1v) is 8.27. The van der Waals surface area contributed by atoms with E-state index in [0.717, 1.165) is 38.2 Å². The van der Waals surface area contributed by atoms with Crippen LogP contribution in [0.25, 0.3) is 0 Å². The van der Waals surface area contributed by atoms with Crippen molar-refractivity contribution in [2.24, 2.45) is 0 Å². The quantitative estimate of drug-likeness (QED) is 0.731. The molecule has 0 saturated carbocycles. The molecule has 0 amide bonds. The Morgan fingerprint density at radius 3 is 2.36 bits per heavy atom. The van der Waals surface area contributed by atoms with Gasteiger partial charge in [0.2, 0.25) is 0 Å². The van der Waals surface area contributed by atoms with Crippen molar-refractivity contribution in [1.29, 1.82) is 0 Å². The van der Waals surface area contributed by atoms with Crippen molar-refractivity contribution in [3.8, 4) is 5.75 Å². The highest BCUT2D eigenvalue weighted by molar-refractivity contribution is 5.27. The van der Waals surface area contributed by atoms with Gasteiger partial charge < -0.3 is 10.1 Å². The van der Waals surface area contributed by atoms with Crippen molar-refractivity contribution in [3.63, 3.8) is 0 Å². The van der Waals surface area contributed by atoms with Crippen LogP contribution in [0.15, 0.2) is 54.6 Å². The Balaban J connectivity index is 1.70. The molecule has 1 N–H and O–H groups in total. The molecule has 2 heteroatoms. The number of aryl methyl sites for hydroxylation is 1. The van der Waals surface area contributed by atoms with Gasteiger partial charge in [0.1, 0.15) is 5.75 Å². The SMILES string of the molecule is CCCOc1ccc(CN[C@@H](C)CCc2ccccc2)cc1. The van der Waals surface area contributed by atoms with Crippen LogP contribution >= 0.6 is 0 Å². The maximum atomic E-state index is 5.60. The minimum atomic E-state index is 0.510. The third kappa shape index (κ3) is 5.90. The molecule has 0 radical (unpaired) electrons. The molecule has 0 bridgehead atoms. The summed E-state index contributed by atoms with van der Waals surface area (Å²) in [6.07, 6.45) is 3.32. The average Bonchev–Trinajstić information content (AvgIpc) is 2.58. The molecule has 1 atom stereocenters. The van der Waals surface area contributed by atoms with Crippen molar-refractivity contribution >= 4 is 0 Å².